The molecule has 1 atom stereocenters. The van der Waals surface area contributed by atoms with E-state index in [1.165, 1.54) is 0 Å². The minimum atomic E-state index is -3.17. The molecule has 0 heterocycles. The fourth-order valence-electron chi connectivity index (χ4n) is 0.994. The van der Waals surface area contributed by atoms with Gasteiger partial charge in [0.25, 0.3) is 0 Å². The number of rotatable bonds is 6. The third kappa shape index (κ3) is 4.59. The molecule has 0 amide bonds. The van der Waals surface area contributed by atoms with Crippen LogP contribution >= 0.6 is 0 Å². The Morgan fingerprint density at radius 1 is 1.38 bits per heavy atom. The van der Waals surface area contributed by atoms with E-state index < -0.39 is 15.6 Å². The highest BCUT2D eigenvalue weighted by Crippen LogP contribution is 2.15. The molecule has 1 unspecified atom stereocenters. The van der Waals surface area contributed by atoms with Gasteiger partial charge in [0.15, 0.2) is 0 Å². The third-order valence-corrected chi connectivity index (χ3v) is 3.79. The van der Waals surface area contributed by atoms with Gasteiger partial charge in [0, 0.05) is 12.1 Å². The predicted molar refractivity (Wildman–Crippen MR) is 53.0 cm³/mol. The van der Waals surface area contributed by atoms with E-state index in [9.17, 15) is 8.42 Å². The SMILES string of the molecule is CCC(C)(CCO)NS(=O)(=O)CC. The van der Waals surface area contributed by atoms with Gasteiger partial charge in [-0.1, -0.05) is 6.92 Å². The van der Waals surface area contributed by atoms with Gasteiger partial charge in [-0.2, -0.15) is 0 Å². The van der Waals surface area contributed by atoms with Gasteiger partial charge in [0.05, 0.1) is 5.75 Å². The summed E-state index contributed by atoms with van der Waals surface area (Å²) >= 11 is 0. The zero-order valence-electron chi connectivity index (χ0n) is 8.50. The van der Waals surface area contributed by atoms with Crippen molar-refractivity contribution in [3.63, 3.8) is 0 Å². The minimum Gasteiger partial charge on any atom is -0.396 e. The second-order valence-corrected chi connectivity index (χ2v) is 5.40. The summed E-state index contributed by atoms with van der Waals surface area (Å²) in [5.74, 6) is 0.0774. The van der Waals surface area contributed by atoms with E-state index >= 15 is 0 Å². The Kier molecular flexibility index (Phi) is 4.88. The Hall–Kier alpha value is -0.130. The van der Waals surface area contributed by atoms with E-state index in [-0.39, 0.29) is 12.4 Å². The molecule has 13 heavy (non-hydrogen) atoms. The highest BCUT2D eigenvalue weighted by molar-refractivity contribution is 7.89. The van der Waals surface area contributed by atoms with Gasteiger partial charge in [0.2, 0.25) is 10.0 Å². The number of hydrogen-bond donors (Lipinski definition) is 2. The van der Waals surface area contributed by atoms with E-state index in [2.05, 4.69) is 4.72 Å². The smallest absolute Gasteiger partial charge is 0.211 e. The van der Waals surface area contributed by atoms with Crippen LogP contribution in [0.15, 0.2) is 0 Å². The van der Waals surface area contributed by atoms with Crippen molar-refractivity contribution in [1.82, 2.24) is 4.72 Å². The molecule has 0 radical (unpaired) electrons. The first-order chi connectivity index (χ1) is 5.89. The van der Waals surface area contributed by atoms with Gasteiger partial charge in [0.1, 0.15) is 0 Å². The molecule has 0 rings (SSSR count). The maximum absolute atomic E-state index is 11.3. The molecule has 4 nitrogen and oxygen atoms in total. The first-order valence-corrected chi connectivity index (χ1v) is 6.17. The molecule has 0 fully saturated rings. The van der Waals surface area contributed by atoms with Crippen LogP contribution in [0.5, 0.6) is 0 Å². The molecular formula is C8H19NO3S. The lowest BCUT2D eigenvalue weighted by molar-refractivity contribution is 0.233. The monoisotopic (exact) mass is 209 g/mol. The Morgan fingerprint density at radius 3 is 2.23 bits per heavy atom. The summed E-state index contributed by atoms with van der Waals surface area (Å²) in [5.41, 5.74) is -0.510. The third-order valence-electron chi connectivity index (χ3n) is 2.23. The van der Waals surface area contributed by atoms with Gasteiger partial charge in [-0.3, -0.25) is 0 Å². The summed E-state index contributed by atoms with van der Waals surface area (Å²) in [4.78, 5) is 0. The summed E-state index contributed by atoms with van der Waals surface area (Å²) in [5, 5.41) is 8.77. The number of aliphatic hydroxyl groups excluding tert-OH is 1. The molecule has 0 bridgehead atoms. The second-order valence-electron chi connectivity index (χ2n) is 3.39. The lowest BCUT2D eigenvalue weighted by Gasteiger charge is -2.28. The fourth-order valence-corrected chi connectivity index (χ4v) is 2.14. The molecule has 2 N–H and O–H groups in total. The van der Waals surface area contributed by atoms with E-state index in [0.29, 0.717) is 12.8 Å². The van der Waals surface area contributed by atoms with Gasteiger partial charge in [-0.05, 0) is 26.7 Å². The average molecular weight is 209 g/mol. The molecule has 0 saturated heterocycles. The molecule has 0 aliphatic rings. The van der Waals surface area contributed by atoms with E-state index in [0.717, 1.165) is 0 Å². The Labute approximate surface area is 80.4 Å². The molecule has 0 aromatic carbocycles. The zero-order chi connectivity index (χ0) is 10.5. The quantitative estimate of drug-likeness (QED) is 0.668. The molecule has 0 aliphatic heterocycles. The highest BCUT2D eigenvalue weighted by atomic mass is 32.2. The number of nitrogens with one attached hydrogen (secondary N) is 1. The summed E-state index contributed by atoms with van der Waals surface area (Å²) in [6, 6.07) is 0. The largest absolute Gasteiger partial charge is 0.396 e. The van der Waals surface area contributed by atoms with Crippen molar-refractivity contribution in [1.29, 1.82) is 0 Å². The van der Waals surface area contributed by atoms with Crippen molar-refractivity contribution < 1.29 is 13.5 Å². The van der Waals surface area contributed by atoms with Crippen LogP contribution in [0.1, 0.15) is 33.6 Å². The summed E-state index contributed by atoms with van der Waals surface area (Å²) < 4.78 is 25.1. The van der Waals surface area contributed by atoms with E-state index in [4.69, 9.17) is 5.11 Å². The summed E-state index contributed by atoms with van der Waals surface area (Å²) in [6.07, 6.45) is 1.12. The maximum Gasteiger partial charge on any atom is 0.211 e. The first-order valence-electron chi connectivity index (χ1n) is 4.51. The number of hydrogen-bond acceptors (Lipinski definition) is 3. The van der Waals surface area contributed by atoms with Crippen LogP contribution in [0.25, 0.3) is 0 Å². The lowest BCUT2D eigenvalue weighted by Crippen LogP contribution is -2.46. The van der Waals surface area contributed by atoms with Gasteiger partial charge >= 0.3 is 0 Å². The van der Waals surface area contributed by atoms with Crippen LogP contribution in [-0.4, -0.2) is 31.4 Å². The first kappa shape index (κ1) is 12.9. The van der Waals surface area contributed by atoms with Crippen molar-refractivity contribution in [2.45, 2.75) is 39.2 Å². The molecule has 0 saturated carbocycles. The van der Waals surface area contributed by atoms with Crippen molar-refractivity contribution in [2.75, 3.05) is 12.4 Å². The molecule has 0 aromatic heterocycles. The van der Waals surface area contributed by atoms with Crippen LogP contribution in [-0.2, 0) is 10.0 Å². The standard InChI is InChI=1S/C8H19NO3S/c1-4-8(3,6-7-10)9-13(11,12)5-2/h9-10H,4-7H2,1-3H3. The minimum absolute atomic E-state index is 0.00340. The Bertz CT molecular complexity index is 238. The van der Waals surface area contributed by atoms with Crippen molar-refractivity contribution >= 4 is 10.0 Å². The second kappa shape index (κ2) is 4.93. The molecule has 0 aromatic rings. The highest BCUT2D eigenvalue weighted by Gasteiger charge is 2.26. The van der Waals surface area contributed by atoms with Crippen LogP contribution in [0, 0.1) is 0 Å². The van der Waals surface area contributed by atoms with Crippen LogP contribution < -0.4 is 4.72 Å². The maximum atomic E-state index is 11.3. The molecule has 0 aliphatic carbocycles. The van der Waals surface area contributed by atoms with Crippen molar-refractivity contribution in [3.8, 4) is 0 Å². The van der Waals surface area contributed by atoms with Crippen molar-refractivity contribution in [2.24, 2.45) is 0 Å². The fraction of sp³-hybridized carbons (Fsp3) is 1.00. The van der Waals surface area contributed by atoms with Crippen molar-refractivity contribution in [3.05, 3.63) is 0 Å². The van der Waals surface area contributed by atoms with Gasteiger partial charge < -0.3 is 5.11 Å². The van der Waals surface area contributed by atoms with E-state index in [1.807, 2.05) is 6.92 Å². The summed E-state index contributed by atoms with van der Waals surface area (Å²) in [6.45, 7) is 5.29. The summed E-state index contributed by atoms with van der Waals surface area (Å²) in [7, 11) is -3.17. The van der Waals surface area contributed by atoms with Gasteiger partial charge in [-0.25, -0.2) is 13.1 Å². The predicted octanol–water partition coefficient (Wildman–Crippen LogP) is 0.477. The van der Waals surface area contributed by atoms with Crippen LogP contribution in [0.3, 0.4) is 0 Å². The molecule has 0 spiro atoms. The Balaban J connectivity index is 4.44. The number of aliphatic hydroxyl groups is 1. The molecular weight excluding hydrogens is 190 g/mol. The molecule has 5 heteroatoms. The Morgan fingerprint density at radius 2 is 1.92 bits per heavy atom. The zero-order valence-corrected chi connectivity index (χ0v) is 9.32. The number of sulfonamides is 1. The van der Waals surface area contributed by atoms with Crippen LogP contribution in [0.4, 0.5) is 0 Å². The van der Waals surface area contributed by atoms with Gasteiger partial charge in [-0.15, -0.1) is 0 Å². The van der Waals surface area contributed by atoms with E-state index in [1.54, 1.807) is 13.8 Å². The normalized spacial score (nSPS) is 16.9. The van der Waals surface area contributed by atoms with Crippen LogP contribution in [0.2, 0.25) is 0 Å². The lowest BCUT2D eigenvalue weighted by atomic mass is 9.97. The topological polar surface area (TPSA) is 66.4 Å². The molecule has 80 valence electrons. The average Bonchev–Trinajstić information content (AvgIpc) is 2.04.